The Balaban J connectivity index is 2.02. The van der Waals surface area contributed by atoms with E-state index in [1.54, 1.807) is 7.11 Å². The minimum atomic E-state index is -0.0653. The van der Waals surface area contributed by atoms with Crippen LogP contribution in [-0.4, -0.2) is 25.8 Å². The van der Waals surface area contributed by atoms with Crippen LogP contribution in [0.3, 0.4) is 0 Å². The van der Waals surface area contributed by atoms with Crippen molar-refractivity contribution >= 4 is 6.29 Å². The summed E-state index contributed by atoms with van der Waals surface area (Å²) in [6.07, 6.45) is 4.70. The third kappa shape index (κ3) is 1.19. The smallest absolute Gasteiger partial charge is 0.158 e. The molecule has 1 saturated heterocycles. The fourth-order valence-electron chi connectivity index (χ4n) is 1.91. The van der Waals surface area contributed by atoms with Gasteiger partial charge < -0.3 is 9.47 Å². The normalized spacial score (nSPS) is 39.4. The van der Waals surface area contributed by atoms with Crippen LogP contribution in [-0.2, 0) is 14.3 Å². The van der Waals surface area contributed by atoms with E-state index in [4.69, 9.17) is 9.47 Å². The summed E-state index contributed by atoms with van der Waals surface area (Å²) in [7, 11) is 1.65. The Morgan fingerprint density at radius 2 is 2.58 bits per heavy atom. The van der Waals surface area contributed by atoms with Gasteiger partial charge in [-0.3, -0.25) is 4.79 Å². The van der Waals surface area contributed by atoms with Crippen LogP contribution in [0.15, 0.2) is 11.6 Å². The number of ether oxygens (including phenoxy) is 2. The van der Waals surface area contributed by atoms with E-state index in [0.717, 1.165) is 24.7 Å². The predicted octanol–water partition coefficient (Wildman–Crippen LogP) is 0.893. The molecule has 66 valence electrons. The molecule has 0 amide bonds. The molecule has 0 bridgehead atoms. The van der Waals surface area contributed by atoms with Crippen LogP contribution in [0.5, 0.6) is 0 Å². The highest BCUT2D eigenvalue weighted by Crippen LogP contribution is 2.37. The summed E-state index contributed by atoms with van der Waals surface area (Å²) in [4.78, 5) is 10.4. The van der Waals surface area contributed by atoms with Gasteiger partial charge in [-0.25, -0.2) is 0 Å². The molecule has 2 rings (SSSR count). The highest BCUT2D eigenvalue weighted by Gasteiger charge is 2.38. The van der Waals surface area contributed by atoms with E-state index in [-0.39, 0.29) is 12.4 Å². The van der Waals surface area contributed by atoms with Gasteiger partial charge in [0.15, 0.2) is 6.29 Å². The molecule has 1 heterocycles. The van der Waals surface area contributed by atoms with Gasteiger partial charge in [0, 0.05) is 25.9 Å². The number of hydrogen-bond donors (Lipinski definition) is 0. The molecule has 2 aliphatic rings. The number of rotatable bonds is 2. The molecule has 1 fully saturated rings. The molecule has 1 aliphatic heterocycles. The second kappa shape index (κ2) is 2.99. The fourth-order valence-corrected chi connectivity index (χ4v) is 1.91. The van der Waals surface area contributed by atoms with Crippen molar-refractivity contribution in [2.24, 2.45) is 5.92 Å². The van der Waals surface area contributed by atoms with Crippen molar-refractivity contribution < 1.29 is 14.3 Å². The van der Waals surface area contributed by atoms with E-state index in [2.05, 4.69) is 0 Å². The van der Waals surface area contributed by atoms with Gasteiger partial charge in [-0.15, -0.1) is 0 Å². The van der Waals surface area contributed by atoms with Gasteiger partial charge in [0.2, 0.25) is 0 Å². The highest BCUT2D eigenvalue weighted by atomic mass is 16.7. The summed E-state index contributed by atoms with van der Waals surface area (Å²) in [5, 5.41) is 0. The number of aldehydes is 1. The molecular weight excluding hydrogens is 156 g/mol. The molecule has 0 saturated carbocycles. The second-order valence-electron chi connectivity index (χ2n) is 3.30. The van der Waals surface area contributed by atoms with E-state index in [1.165, 1.54) is 0 Å². The van der Waals surface area contributed by atoms with E-state index in [0.29, 0.717) is 5.92 Å². The van der Waals surface area contributed by atoms with Gasteiger partial charge in [0.25, 0.3) is 0 Å². The summed E-state index contributed by atoms with van der Waals surface area (Å²) < 4.78 is 10.6. The molecule has 3 atom stereocenters. The monoisotopic (exact) mass is 168 g/mol. The van der Waals surface area contributed by atoms with Gasteiger partial charge in [-0.05, 0) is 5.57 Å². The van der Waals surface area contributed by atoms with Crippen LogP contribution in [0.2, 0.25) is 0 Å². The molecule has 0 radical (unpaired) electrons. The van der Waals surface area contributed by atoms with Gasteiger partial charge in [-0.2, -0.15) is 0 Å². The Hall–Kier alpha value is -0.670. The molecule has 0 aromatic heterocycles. The minimum absolute atomic E-state index is 0.0653. The summed E-state index contributed by atoms with van der Waals surface area (Å²) in [6.45, 7) is 0. The standard InChI is InChI=1S/C9H12O3/c1-11-9-4-7-2-6(5-10)3-8(7)12-9/h2,5,7-9H,3-4H2,1H3/t7-,8-,9?/m0/s1. The number of carbonyl (C=O) groups excluding carboxylic acids is 1. The van der Waals surface area contributed by atoms with Crippen LogP contribution >= 0.6 is 0 Å². The molecule has 0 aromatic rings. The molecule has 3 heteroatoms. The lowest BCUT2D eigenvalue weighted by Gasteiger charge is -2.09. The van der Waals surface area contributed by atoms with Crippen molar-refractivity contribution in [3.8, 4) is 0 Å². The molecule has 0 aromatic carbocycles. The quantitative estimate of drug-likeness (QED) is 0.574. The van der Waals surface area contributed by atoms with E-state index >= 15 is 0 Å². The first-order valence-corrected chi connectivity index (χ1v) is 4.17. The Morgan fingerprint density at radius 1 is 1.75 bits per heavy atom. The molecular formula is C9H12O3. The van der Waals surface area contributed by atoms with Crippen LogP contribution in [0.25, 0.3) is 0 Å². The number of carbonyl (C=O) groups is 1. The average molecular weight is 168 g/mol. The third-order valence-corrected chi connectivity index (χ3v) is 2.55. The maximum atomic E-state index is 10.4. The largest absolute Gasteiger partial charge is 0.356 e. The van der Waals surface area contributed by atoms with Crippen molar-refractivity contribution in [3.63, 3.8) is 0 Å². The highest BCUT2D eigenvalue weighted by molar-refractivity contribution is 5.74. The first kappa shape index (κ1) is 7.95. The molecule has 1 aliphatic carbocycles. The summed E-state index contributed by atoms with van der Waals surface area (Å²) >= 11 is 0. The Bertz CT molecular complexity index is 222. The number of methoxy groups -OCH3 is 1. The topological polar surface area (TPSA) is 35.5 Å². The van der Waals surface area contributed by atoms with Crippen LogP contribution < -0.4 is 0 Å². The zero-order valence-corrected chi connectivity index (χ0v) is 7.03. The Kier molecular flexibility index (Phi) is 1.98. The fraction of sp³-hybridized carbons (Fsp3) is 0.667. The van der Waals surface area contributed by atoms with Crippen molar-refractivity contribution in [2.75, 3.05) is 7.11 Å². The van der Waals surface area contributed by atoms with Crippen LogP contribution in [0.1, 0.15) is 12.8 Å². The Labute approximate surface area is 71.3 Å². The van der Waals surface area contributed by atoms with Crippen molar-refractivity contribution in [3.05, 3.63) is 11.6 Å². The lowest BCUT2D eigenvalue weighted by atomic mass is 10.1. The minimum Gasteiger partial charge on any atom is -0.356 e. The van der Waals surface area contributed by atoms with Gasteiger partial charge in [-0.1, -0.05) is 6.08 Å². The van der Waals surface area contributed by atoms with E-state index in [1.807, 2.05) is 6.08 Å². The zero-order valence-electron chi connectivity index (χ0n) is 7.03. The molecule has 0 spiro atoms. The molecule has 0 N–H and O–H groups in total. The van der Waals surface area contributed by atoms with Crippen LogP contribution in [0, 0.1) is 5.92 Å². The Morgan fingerprint density at radius 3 is 3.17 bits per heavy atom. The molecule has 12 heavy (non-hydrogen) atoms. The maximum absolute atomic E-state index is 10.4. The molecule has 3 nitrogen and oxygen atoms in total. The number of hydrogen-bond acceptors (Lipinski definition) is 3. The summed E-state index contributed by atoms with van der Waals surface area (Å²) in [5.41, 5.74) is 0.875. The van der Waals surface area contributed by atoms with Gasteiger partial charge >= 0.3 is 0 Å². The van der Waals surface area contributed by atoms with Crippen molar-refractivity contribution in [2.45, 2.75) is 25.2 Å². The first-order chi connectivity index (χ1) is 5.83. The lowest BCUT2D eigenvalue weighted by Crippen LogP contribution is -2.12. The van der Waals surface area contributed by atoms with Crippen molar-refractivity contribution in [1.82, 2.24) is 0 Å². The van der Waals surface area contributed by atoms with E-state index < -0.39 is 0 Å². The number of fused-ring (bicyclic) bond motifs is 1. The van der Waals surface area contributed by atoms with Gasteiger partial charge in [0.05, 0.1) is 6.10 Å². The summed E-state index contributed by atoms with van der Waals surface area (Å²) in [6, 6.07) is 0. The van der Waals surface area contributed by atoms with Crippen molar-refractivity contribution in [1.29, 1.82) is 0 Å². The van der Waals surface area contributed by atoms with E-state index in [9.17, 15) is 4.79 Å². The second-order valence-corrected chi connectivity index (χ2v) is 3.30. The predicted molar refractivity (Wildman–Crippen MR) is 42.5 cm³/mol. The molecule has 1 unspecified atom stereocenters. The first-order valence-electron chi connectivity index (χ1n) is 4.17. The SMILES string of the molecule is COC1C[C@@H]2C=C(C=O)C[C@@H]2O1. The van der Waals surface area contributed by atoms with Gasteiger partial charge in [0.1, 0.15) is 6.29 Å². The summed E-state index contributed by atoms with van der Waals surface area (Å²) in [5.74, 6) is 0.398. The maximum Gasteiger partial charge on any atom is 0.158 e. The third-order valence-electron chi connectivity index (χ3n) is 2.55. The zero-order chi connectivity index (χ0) is 8.55. The lowest BCUT2D eigenvalue weighted by molar-refractivity contribution is -0.115. The van der Waals surface area contributed by atoms with Crippen LogP contribution in [0.4, 0.5) is 0 Å². The average Bonchev–Trinajstić information content (AvgIpc) is 2.59.